The molecule has 8 aromatic carbocycles. The second-order valence-electron chi connectivity index (χ2n) is 26.4. The van der Waals surface area contributed by atoms with Gasteiger partial charge >= 0.3 is 0 Å². The third-order valence-corrected chi connectivity index (χ3v) is 15.7. The zero-order valence-corrected chi connectivity index (χ0v) is 51.6. The summed E-state index contributed by atoms with van der Waals surface area (Å²) in [5.41, 5.74) is 3.63. The Morgan fingerprint density at radius 1 is 0.573 bits per heavy atom. The molecule has 0 amide bonds. The summed E-state index contributed by atoms with van der Waals surface area (Å²) in [7, 11) is 0. The molecule has 1 aliphatic carbocycles. The number of fused-ring (bicyclic) bond motifs is 5. The normalized spacial score (nSPS) is 16.9. The molecule has 5 nitrogen and oxygen atoms in total. The van der Waals surface area contributed by atoms with Crippen LogP contribution in [0.3, 0.4) is 0 Å². The van der Waals surface area contributed by atoms with Crippen molar-refractivity contribution in [2.75, 3.05) is 9.80 Å². The van der Waals surface area contributed by atoms with Crippen LogP contribution in [0.4, 0.5) is 22.7 Å². The summed E-state index contributed by atoms with van der Waals surface area (Å²) in [5, 5.41) is 0.829. The number of hydrogen-bond acceptors (Lipinski definition) is 4. The predicted molar refractivity (Wildman–Crippen MR) is 341 cm³/mol. The number of para-hydroxylation sites is 3. The second kappa shape index (κ2) is 20.9. The fourth-order valence-corrected chi connectivity index (χ4v) is 11.0. The molecule has 0 saturated carbocycles. The topological polar surface area (TPSA) is 33.5 Å². The number of nitrogens with zero attached hydrogens (tertiary/aromatic N) is 4. The average Bonchev–Trinajstić information content (AvgIpc) is 0.870. The van der Waals surface area contributed by atoms with Gasteiger partial charge in [-0.05, 0) is 150 Å². The number of pyridine rings is 1. The van der Waals surface area contributed by atoms with Crippen LogP contribution in [-0.2, 0) is 54.6 Å². The molecule has 0 saturated heterocycles. The Hall–Kier alpha value is -7.20. The standard InChI is InChI=1S/C76H77N4O.Pt/c1-72(2,3)54-36-38-77-70(45-54)80-66-25-16-15-24-61(66)62-34-33-60(47-69(62)80)81-59-23-19-22-58(46-59)78-48-79(68-27-18-17-26-67(68)78)71-63(50-30-28-49(29-31-50)53-40-55(73(4,5)6)42-56(41-53)74(7,8)9)43-57(75(10,11)12)44-64(71)51-32-35-65-52(39-51)21-20-37-76(65,13)14;/h15-19,22-36,38-45,48H,20-21,37H2,1-14H3;/q-3;/i15D,16D,24D,25D,28D,29D,30D,31D,32D,35D,39D,40D,41D,42D;. The first-order valence-corrected chi connectivity index (χ1v) is 28.0. The first kappa shape index (κ1) is 41.7. The summed E-state index contributed by atoms with van der Waals surface area (Å²) in [4.78, 5) is 8.50. The zero-order chi connectivity index (χ0) is 69.2. The molecule has 0 fully saturated rings. The Kier molecular flexibility index (Phi) is 10.6. The fraction of sp³-hybridized carbons (Fsp3) is 0.289. The molecule has 6 heteroatoms. The van der Waals surface area contributed by atoms with E-state index in [-0.39, 0.29) is 132 Å². The molecular formula is C76H77N4OPt-3. The van der Waals surface area contributed by atoms with E-state index in [4.69, 9.17) is 15.2 Å². The molecule has 0 atom stereocenters. The molecule has 82 heavy (non-hydrogen) atoms. The average molecular weight is 1270 g/mol. The molecule has 0 N–H and O–H groups in total. The van der Waals surface area contributed by atoms with Gasteiger partial charge in [-0.25, -0.2) is 4.98 Å². The molecule has 0 spiro atoms. The van der Waals surface area contributed by atoms with Gasteiger partial charge in [-0.15, -0.1) is 48.1 Å². The van der Waals surface area contributed by atoms with Crippen molar-refractivity contribution in [1.82, 2.24) is 9.55 Å². The van der Waals surface area contributed by atoms with Crippen molar-refractivity contribution >= 4 is 44.6 Å². The fourth-order valence-electron chi connectivity index (χ4n) is 11.0. The van der Waals surface area contributed by atoms with Crippen molar-refractivity contribution in [3.8, 4) is 50.7 Å². The third kappa shape index (κ3) is 10.6. The van der Waals surface area contributed by atoms with Gasteiger partial charge in [0.2, 0.25) is 0 Å². The van der Waals surface area contributed by atoms with Crippen molar-refractivity contribution < 1.29 is 45.0 Å². The van der Waals surface area contributed by atoms with E-state index >= 15 is 0 Å². The Balaban J connectivity index is 0.00000936. The van der Waals surface area contributed by atoms with Crippen LogP contribution >= 0.6 is 0 Å². The van der Waals surface area contributed by atoms with E-state index in [0.29, 0.717) is 84.7 Å². The van der Waals surface area contributed by atoms with Gasteiger partial charge in [-0.1, -0.05) is 193 Å². The minimum Gasteiger partial charge on any atom is -0.509 e. The first-order valence-electron chi connectivity index (χ1n) is 35.0. The molecule has 10 aromatic rings. The van der Waals surface area contributed by atoms with E-state index in [9.17, 15) is 13.7 Å². The van der Waals surface area contributed by atoms with E-state index < -0.39 is 45.8 Å². The quantitative estimate of drug-likeness (QED) is 0.142. The smallest absolute Gasteiger partial charge is 0.135 e. The Morgan fingerprint density at radius 3 is 1.88 bits per heavy atom. The van der Waals surface area contributed by atoms with E-state index in [1.54, 1.807) is 29.0 Å². The van der Waals surface area contributed by atoms with Crippen LogP contribution < -0.4 is 14.5 Å². The molecule has 3 heterocycles. The Labute approximate surface area is 522 Å². The van der Waals surface area contributed by atoms with Crippen LogP contribution in [0, 0.1) is 18.8 Å². The number of anilines is 4. The largest absolute Gasteiger partial charge is 0.509 e. The van der Waals surface area contributed by atoms with Crippen molar-refractivity contribution in [3.05, 3.63) is 222 Å². The molecule has 12 rings (SSSR count). The van der Waals surface area contributed by atoms with Crippen LogP contribution in [0.25, 0.3) is 61.0 Å². The van der Waals surface area contributed by atoms with Crippen molar-refractivity contribution in [2.24, 2.45) is 0 Å². The van der Waals surface area contributed by atoms with Crippen molar-refractivity contribution in [3.63, 3.8) is 0 Å². The number of benzene rings is 8. The maximum Gasteiger partial charge on any atom is 0.135 e. The van der Waals surface area contributed by atoms with Gasteiger partial charge in [-0.3, -0.25) is 0 Å². The SMILES string of the molecule is [2H]c1c([2H])c(-c2c([2H])c(C(C)(C)C)c([2H])c(C(C)(C)C)c2[2H])c([2H])c([2H])c1-c1cc(C(C)(C)C)cc(-c2c([2H])c([2H])c3c(c2[2H])CCCC3(C)C)c1N1[CH-]N(c2[c-]c(Oc3[c-]c4c(cc3)c3c([2H])c([2H])c([2H])c([2H])c3n4-c3cc(C(C)(C)C)ccn3)ccc2)c2ccccc21.[Pt]. The van der Waals surface area contributed by atoms with E-state index in [2.05, 4.69) is 46.8 Å². The number of rotatable bonds is 8. The molecule has 0 radical (unpaired) electrons. The number of aromatic nitrogens is 2. The van der Waals surface area contributed by atoms with Gasteiger partial charge in [0.25, 0.3) is 0 Å². The molecule has 420 valence electrons. The first-order chi connectivity index (χ1) is 44.3. The number of ether oxygens (including phenoxy) is 1. The van der Waals surface area contributed by atoms with E-state index in [1.165, 1.54) is 0 Å². The Morgan fingerprint density at radius 2 is 1.20 bits per heavy atom. The summed E-state index contributed by atoms with van der Waals surface area (Å²) >= 11 is 0. The van der Waals surface area contributed by atoms with Gasteiger partial charge in [0, 0.05) is 72.5 Å². The minimum atomic E-state index is -0.783. The molecule has 2 aliphatic rings. The molecular weight excluding hydrogens is 1180 g/mol. The monoisotopic (exact) mass is 1270 g/mol. The Bertz CT molecular complexity index is 4840. The number of hydrogen-bond donors (Lipinski definition) is 0. The molecule has 2 aromatic heterocycles. The van der Waals surface area contributed by atoms with Crippen LogP contribution in [0.15, 0.2) is 170 Å². The van der Waals surface area contributed by atoms with Crippen LogP contribution in [0.1, 0.15) is 162 Å². The van der Waals surface area contributed by atoms with Crippen LogP contribution in [0.2, 0.25) is 0 Å². The van der Waals surface area contributed by atoms with Gasteiger partial charge < -0.3 is 19.1 Å². The van der Waals surface area contributed by atoms with Crippen molar-refractivity contribution in [2.45, 2.75) is 143 Å². The van der Waals surface area contributed by atoms with E-state index in [1.807, 2.05) is 139 Å². The summed E-state index contributed by atoms with van der Waals surface area (Å²) in [6.07, 6.45) is 3.74. The maximum absolute atomic E-state index is 10.2. The van der Waals surface area contributed by atoms with Crippen LogP contribution in [-0.4, -0.2) is 9.55 Å². The van der Waals surface area contributed by atoms with Gasteiger partial charge in [0.1, 0.15) is 5.82 Å². The van der Waals surface area contributed by atoms with Gasteiger partial charge in [-0.2, -0.15) is 12.1 Å². The minimum absolute atomic E-state index is 0. The summed E-state index contributed by atoms with van der Waals surface area (Å²) in [6, 6.07) is 27.4. The maximum atomic E-state index is 10.2. The molecule has 0 unspecified atom stereocenters. The predicted octanol–water partition coefficient (Wildman–Crippen LogP) is 20.8. The summed E-state index contributed by atoms with van der Waals surface area (Å²) < 4.78 is 143. The second-order valence-corrected chi connectivity index (χ2v) is 26.4. The van der Waals surface area contributed by atoms with Gasteiger partial charge in [0.15, 0.2) is 0 Å². The zero-order valence-electron chi connectivity index (χ0n) is 63.3. The summed E-state index contributed by atoms with van der Waals surface area (Å²) in [5.74, 6) is 0.957. The van der Waals surface area contributed by atoms with Crippen molar-refractivity contribution in [1.29, 1.82) is 0 Å². The van der Waals surface area contributed by atoms with E-state index in [0.717, 1.165) is 18.4 Å². The summed E-state index contributed by atoms with van der Waals surface area (Å²) in [6.45, 7) is 29.4. The molecule has 0 bridgehead atoms. The van der Waals surface area contributed by atoms with Crippen LogP contribution in [0.5, 0.6) is 11.5 Å². The molecule has 1 aliphatic heterocycles. The van der Waals surface area contributed by atoms with Gasteiger partial charge in [0.05, 0.1) is 19.2 Å². The third-order valence-electron chi connectivity index (χ3n) is 15.7.